The lowest BCUT2D eigenvalue weighted by Gasteiger charge is -2.26. The molecule has 2 N–H and O–H groups in total. The van der Waals surface area contributed by atoms with Gasteiger partial charge in [-0.25, -0.2) is 0 Å². The SMILES string of the molecule is CCC(C)(CN)CCOc1cccc(Br)c1. The van der Waals surface area contributed by atoms with Crippen molar-refractivity contribution in [2.45, 2.75) is 26.7 Å². The minimum Gasteiger partial charge on any atom is -0.494 e. The Kier molecular flexibility index (Phi) is 5.29. The first-order chi connectivity index (χ1) is 7.59. The van der Waals surface area contributed by atoms with Crippen molar-refractivity contribution < 1.29 is 4.74 Å². The van der Waals surface area contributed by atoms with E-state index in [1.165, 1.54) is 0 Å². The van der Waals surface area contributed by atoms with Crippen molar-refractivity contribution in [2.24, 2.45) is 11.1 Å². The Morgan fingerprint density at radius 3 is 2.75 bits per heavy atom. The van der Waals surface area contributed by atoms with E-state index in [4.69, 9.17) is 10.5 Å². The molecule has 0 aliphatic rings. The lowest BCUT2D eigenvalue weighted by atomic mass is 9.84. The predicted octanol–water partition coefficient (Wildman–Crippen LogP) is 3.59. The van der Waals surface area contributed by atoms with Crippen molar-refractivity contribution in [1.82, 2.24) is 0 Å². The van der Waals surface area contributed by atoms with Gasteiger partial charge in [-0.15, -0.1) is 0 Å². The van der Waals surface area contributed by atoms with E-state index in [1.807, 2.05) is 24.3 Å². The standard InChI is InChI=1S/C13H20BrNO/c1-3-13(2,10-15)7-8-16-12-6-4-5-11(14)9-12/h4-6,9H,3,7-8,10,15H2,1-2H3. The molecule has 0 radical (unpaired) electrons. The summed E-state index contributed by atoms with van der Waals surface area (Å²) in [6.07, 6.45) is 2.08. The molecule has 0 fully saturated rings. The molecule has 0 aromatic heterocycles. The summed E-state index contributed by atoms with van der Waals surface area (Å²) < 4.78 is 6.74. The van der Waals surface area contributed by atoms with Gasteiger partial charge < -0.3 is 10.5 Å². The van der Waals surface area contributed by atoms with Gasteiger partial charge >= 0.3 is 0 Å². The lowest BCUT2D eigenvalue weighted by molar-refractivity contribution is 0.211. The number of nitrogens with two attached hydrogens (primary N) is 1. The first-order valence-electron chi connectivity index (χ1n) is 5.68. The highest BCUT2D eigenvalue weighted by Crippen LogP contribution is 2.25. The number of hydrogen-bond acceptors (Lipinski definition) is 2. The Morgan fingerprint density at radius 1 is 1.44 bits per heavy atom. The molecule has 0 aliphatic carbocycles. The highest BCUT2D eigenvalue weighted by molar-refractivity contribution is 9.10. The zero-order valence-electron chi connectivity index (χ0n) is 10.0. The van der Waals surface area contributed by atoms with Gasteiger partial charge in [0.05, 0.1) is 6.61 Å². The normalized spacial score (nSPS) is 14.5. The van der Waals surface area contributed by atoms with Crippen LogP contribution in [0.3, 0.4) is 0 Å². The molecular formula is C13H20BrNO. The van der Waals surface area contributed by atoms with Crippen molar-refractivity contribution in [3.8, 4) is 5.75 Å². The summed E-state index contributed by atoms with van der Waals surface area (Å²) in [5, 5.41) is 0. The minimum atomic E-state index is 0.200. The lowest BCUT2D eigenvalue weighted by Crippen LogP contribution is -2.28. The number of ether oxygens (including phenoxy) is 1. The fourth-order valence-electron chi connectivity index (χ4n) is 1.40. The van der Waals surface area contributed by atoms with Gasteiger partial charge in [0, 0.05) is 4.47 Å². The Balaban J connectivity index is 2.41. The first-order valence-corrected chi connectivity index (χ1v) is 6.47. The van der Waals surface area contributed by atoms with E-state index in [2.05, 4.69) is 29.8 Å². The van der Waals surface area contributed by atoms with Crippen LogP contribution in [0.25, 0.3) is 0 Å². The van der Waals surface area contributed by atoms with Crippen LogP contribution >= 0.6 is 15.9 Å². The van der Waals surface area contributed by atoms with Crippen molar-refractivity contribution in [2.75, 3.05) is 13.2 Å². The van der Waals surface area contributed by atoms with Crippen LogP contribution in [0.5, 0.6) is 5.75 Å². The molecule has 2 nitrogen and oxygen atoms in total. The third-order valence-electron chi connectivity index (χ3n) is 3.12. The van der Waals surface area contributed by atoms with E-state index in [0.29, 0.717) is 6.54 Å². The third-order valence-corrected chi connectivity index (χ3v) is 3.61. The summed E-state index contributed by atoms with van der Waals surface area (Å²) in [7, 11) is 0. The van der Waals surface area contributed by atoms with Crippen molar-refractivity contribution in [3.05, 3.63) is 28.7 Å². The molecule has 0 heterocycles. The van der Waals surface area contributed by atoms with Gasteiger partial charge in [-0.1, -0.05) is 35.8 Å². The van der Waals surface area contributed by atoms with Crippen LogP contribution in [0.2, 0.25) is 0 Å². The summed E-state index contributed by atoms with van der Waals surface area (Å²) >= 11 is 3.42. The summed E-state index contributed by atoms with van der Waals surface area (Å²) in [5.74, 6) is 0.907. The predicted molar refractivity (Wildman–Crippen MR) is 71.7 cm³/mol. The Labute approximate surface area is 106 Å². The van der Waals surface area contributed by atoms with E-state index in [9.17, 15) is 0 Å². The zero-order valence-corrected chi connectivity index (χ0v) is 11.6. The van der Waals surface area contributed by atoms with Crippen LogP contribution in [0.4, 0.5) is 0 Å². The number of halogens is 1. The molecular weight excluding hydrogens is 266 g/mol. The molecule has 0 amide bonds. The summed E-state index contributed by atoms with van der Waals surface area (Å²) in [5.41, 5.74) is 5.96. The first kappa shape index (κ1) is 13.5. The maximum atomic E-state index is 5.76. The van der Waals surface area contributed by atoms with Crippen molar-refractivity contribution in [3.63, 3.8) is 0 Å². The highest BCUT2D eigenvalue weighted by atomic mass is 79.9. The van der Waals surface area contributed by atoms with Crippen LogP contribution in [0.1, 0.15) is 26.7 Å². The van der Waals surface area contributed by atoms with Crippen molar-refractivity contribution >= 4 is 15.9 Å². The second-order valence-corrected chi connectivity index (χ2v) is 5.34. The number of hydrogen-bond donors (Lipinski definition) is 1. The fraction of sp³-hybridized carbons (Fsp3) is 0.538. The minimum absolute atomic E-state index is 0.200. The topological polar surface area (TPSA) is 35.2 Å². The molecule has 1 aromatic rings. The molecule has 0 saturated heterocycles. The van der Waals surface area contributed by atoms with Gasteiger partial charge in [0.25, 0.3) is 0 Å². The monoisotopic (exact) mass is 285 g/mol. The van der Waals surface area contributed by atoms with Crippen LogP contribution in [0, 0.1) is 5.41 Å². The van der Waals surface area contributed by atoms with Crippen LogP contribution in [-0.4, -0.2) is 13.2 Å². The maximum absolute atomic E-state index is 5.76. The molecule has 0 aliphatic heterocycles. The van der Waals surface area contributed by atoms with Gasteiger partial charge in [-0.3, -0.25) is 0 Å². The zero-order chi connectivity index (χ0) is 12.0. The Hall–Kier alpha value is -0.540. The molecule has 1 aromatic carbocycles. The average Bonchev–Trinajstić information content (AvgIpc) is 2.29. The van der Waals surface area contributed by atoms with Gasteiger partial charge in [-0.05, 0) is 43.0 Å². The molecule has 1 rings (SSSR count). The van der Waals surface area contributed by atoms with Crippen LogP contribution in [-0.2, 0) is 0 Å². The van der Waals surface area contributed by atoms with Crippen LogP contribution < -0.4 is 10.5 Å². The summed E-state index contributed by atoms with van der Waals surface area (Å²) in [6.45, 7) is 5.81. The van der Waals surface area contributed by atoms with E-state index < -0.39 is 0 Å². The molecule has 1 atom stereocenters. The molecule has 0 spiro atoms. The molecule has 0 saturated carbocycles. The highest BCUT2D eigenvalue weighted by Gasteiger charge is 2.19. The smallest absolute Gasteiger partial charge is 0.120 e. The fourth-order valence-corrected chi connectivity index (χ4v) is 1.77. The summed E-state index contributed by atoms with van der Waals surface area (Å²) in [6, 6.07) is 7.91. The molecule has 16 heavy (non-hydrogen) atoms. The second-order valence-electron chi connectivity index (χ2n) is 4.42. The quantitative estimate of drug-likeness (QED) is 0.867. The Morgan fingerprint density at radius 2 is 2.19 bits per heavy atom. The van der Waals surface area contributed by atoms with Gasteiger partial charge in [-0.2, -0.15) is 0 Å². The average molecular weight is 286 g/mol. The van der Waals surface area contributed by atoms with E-state index >= 15 is 0 Å². The van der Waals surface area contributed by atoms with Crippen molar-refractivity contribution in [1.29, 1.82) is 0 Å². The Bertz CT molecular complexity index is 323. The van der Waals surface area contributed by atoms with E-state index in [0.717, 1.165) is 29.7 Å². The largest absolute Gasteiger partial charge is 0.494 e. The summed E-state index contributed by atoms with van der Waals surface area (Å²) in [4.78, 5) is 0. The van der Waals surface area contributed by atoms with Gasteiger partial charge in [0.2, 0.25) is 0 Å². The molecule has 0 bridgehead atoms. The van der Waals surface area contributed by atoms with Gasteiger partial charge in [0.15, 0.2) is 0 Å². The molecule has 1 unspecified atom stereocenters. The molecule has 3 heteroatoms. The van der Waals surface area contributed by atoms with Crippen LogP contribution in [0.15, 0.2) is 28.7 Å². The molecule has 90 valence electrons. The van der Waals surface area contributed by atoms with Gasteiger partial charge in [0.1, 0.15) is 5.75 Å². The number of benzene rings is 1. The number of rotatable bonds is 6. The third kappa shape index (κ3) is 4.14. The van der Waals surface area contributed by atoms with E-state index in [-0.39, 0.29) is 5.41 Å². The maximum Gasteiger partial charge on any atom is 0.120 e. The second kappa shape index (κ2) is 6.26. The van der Waals surface area contributed by atoms with E-state index in [1.54, 1.807) is 0 Å².